The molecule has 0 radical (unpaired) electrons. The Labute approximate surface area is 115 Å². The molecule has 0 saturated heterocycles. The molecule has 0 saturated carbocycles. The second-order valence-corrected chi connectivity index (χ2v) is 4.79. The summed E-state index contributed by atoms with van der Waals surface area (Å²) < 4.78 is 0. The maximum atomic E-state index is 4.10. The Morgan fingerprint density at radius 2 is 1.63 bits per heavy atom. The maximum absolute atomic E-state index is 4.10. The molecule has 1 aromatic carbocycles. The van der Waals surface area contributed by atoms with Crippen LogP contribution in [-0.4, -0.2) is 11.5 Å². The monoisotopic (exact) mass is 254 g/mol. The van der Waals surface area contributed by atoms with Crippen LogP contribution < -0.4 is 5.32 Å². The lowest BCUT2D eigenvalue weighted by Crippen LogP contribution is -2.23. The van der Waals surface area contributed by atoms with Crippen LogP contribution in [0.15, 0.2) is 54.9 Å². The van der Waals surface area contributed by atoms with Crippen molar-refractivity contribution in [3.63, 3.8) is 0 Å². The van der Waals surface area contributed by atoms with Crippen LogP contribution in [-0.2, 0) is 0 Å². The molecule has 0 aliphatic carbocycles. The fraction of sp³-hybridized carbons (Fsp3) is 0.353. The second-order valence-electron chi connectivity index (χ2n) is 4.79. The van der Waals surface area contributed by atoms with Gasteiger partial charge in [-0.25, -0.2) is 0 Å². The van der Waals surface area contributed by atoms with Crippen LogP contribution in [0.1, 0.15) is 43.4 Å². The second kappa shape index (κ2) is 7.70. The zero-order valence-electron chi connectivity index (χ0n) is 11.5. The Kier molecular flexibility index (Phi) is 5.57. The highest BCUT2D eigenvalue weighted by molar-refractivity contribution is 5.30. The Balaban J connectivity index is 2.10. The summed E-state index contributed by atoms with van der Waals surface area (Å²) in [6.07, 6.45) is 7.49. The third-order valence-electron chi connectivity index (χ3n) is 3.30. The third kappa shape index (κ3) is 4.18. The summed E-state index contributed by atoms with van der Waals surface area (Å²) >= 11 is 0. The van der Waals surface area contributed by atoms with Crippen LogP contribution in [0.5, 0.6) is 0 Å². The van der Waals surface area contributed by atoms with Crippen LogP contribution in [0.2, 0.25) is 0 Å². The molecule has 0 aliphatic heterocycles. The Morgan fingerprint density at radius 1 is 0.947 bits per heavy atom. The van der Waals surface area contributed by atoms with Crippen molar-refractivity contribution in [3.8, 4) is 0 Å². The highest BCUT2D eigenvalue weighted by atomic mass is 14.9. The molecule has 0 amide bonds. The molecule has 19 heavy (non-hydrogen) atoms. The average molecular weight is 254 g/mol. The fourth-order valence-corrected chi connectivity index (χ4v) is 2.25. The molecule has 2 nitrogen and oxygen atoms in total. The minimum atomic E-state index is 0.265. The Morgan fingerprint density at radius 3 is 2.32 bits per heavy atom. The molecule has 0 bridgehead atoms. The average Bonchev–Trinajstić information content (AvgIpc) is 2.49. The molecule has 1 atom stereocenters. The number of aromatic nitrogens is 1. The summed E-state index contributed by atoms with van der Waals surface area (Å²) in [7, 11) is 0. The summed E-state index contributed by atoms with van der Waals surface area (Å²) in [4.78, 5) is 4.10. The topological polar surface area (TPSA) is 24.9 Å². The molecule has 1 unspecified atom stereocenters. The zero-order chi connectivity index (χ0) is 13.3. The van der Waals surface area contributed by atoms with Gasteiger partial charge in [-0.15, -0.1) is 0 Å². The van der Waals surface area contributed by atoms with E-state index in [4.69, 9.17) is 0 Å². The smallest absolute Gasteiger partial charge is 0.0577 e. The van der Waals surface area contributed by atoms with Gasteiger partial charge in [0.05, 0.1) is 6.04 Å². The normalized spacial score (nSPS) is 12.3. The van der Waals surface area contributed by atoms with Gasteiger partial charge >= 0.3 is 0 Å². The van der Waals surface area contributed by atoms with E-state index in [-0.39, 0.29) is 6.04 Å². The van der Waals surface area contributed by atoms with Crippen molar-refractivity contribution in [1.82, 2.24) is 10.3 Å². The Bertz CT molecular complexity index is 414. The Hall–Kier alpha value is -1.67. The van der Waals surface area contributed by atoms with E-state index in [1.54, 1.807) is 0 Å². The molecule has 100 valence electrons. The highest BCUT2D eigenvalue weighted by Crippen LogP contribution is 2.21. The number of hydrogen-bond acceptors (Lipinski definition) is 2. The van der Waals surface area contributed by atoms with E-state index >= 15 is 0 Å². The van der Waals surface area contributed by atoms with Gasteiger partial charge in [-0.05, 0) is 36.2 Å². The van der Waals surface area contributed by atoms with Crippen molar-refractivity contribution in [3.05, 3.63) is 66.0 Å². The van der Waals surface area contributed by atoms with Crippen LogP contribution in [0.3, 0.4) is 0 Å². The summed E-state index contributed by atoms with van der Waals surface area (Å²) in [5.41, 5.74) is 2.59. The van der Waals surface area contributed by atoms with Gasteiger partial charge in [0.25, 0.3) is 0 Å². The largest absolute Gasteiger partial charge is 0.306 e. The molecule has 1 aromatic heterocycles. The van der Waals surface area contributed by atoms with E-state index in [0.717, 1.165) is 6.54 Å². The molecule has 1 heterocycles. The van der Waals surface area contributed by atoms with Gasteiger partial charge in [-0.2, -0.15) is 0 Å². The van der Waals surface area contributed by atoms with E-state index in [1.807, 2.05) is 12.4 Å². The van der Waals surface area contributed by atoms with E-state index in [0.29, 0.717) is 0 Å². The predicted molar refractivity (Wildman–Crippen MR) is 80.0 cm³/mol. The highest BCUT2D eigenvalue weighted by Gasteiger charge is 2.12. The van der Waals surface area contributed by atoms with Gasteiger partial charge in [0.15, 0.2) is 0 Å². The van der Waals surface area contributed by atoms with Crippen molar-refractivity contribution < 1.29 is 0 Å². The first-order valence-corrected chi connectivity index (χ1v) is 7.10. The number of nitrogens with one attached hydrogen (secondary N) is 1. The lowest BCUT2D eigenvalue weighted by molar-refractivity contribution is 0.565. The third-order valence-corrected chi connectivity index (χ3v) is 3.30. The minimum Gasteiger partial charge on any atom is -0.306 e. The summed E-state index contributed by atoms with van der Waals surface area (Å²) in [6.45, 7) is 3.28. The fourth-order valence-electron chi connectivity index (χ4n) is 2.25. The molecule has 0 aliphatic rings. The first-order chi connectivity index (χ1) is 9.42. The maximum Gasteiger partial charge on any atom is 0.0577 e. The minimum absolute atomic E-state index is 0.265. The van der Waals surface area contributed by atoms with Crippen LogP contribution in [0, 0.1) is 0 Å². The number of rotatable bonds is 7. The van der Waals surface area contributed by atoms with E-state index in [9.17, 15) is 0 Å². The molecular formula is C17H22N2. The van der Waals surface area contributed by atoms with Crippen molar-refractivity contribution in [2.24, 2.45) is 0 Å². The molecule has 2 heteroatoms. The van der Waals surface area contributed by atoms with Gasteiger partial charge < -0.3 is 5.32 Å². The van der Waals surface area contributed by atoms with Gasteiger partial charge in [0, 0.05) is 12.4 Å². The summed E-state index contributed by atoms with van der Waals surface area (Å²) in [5.74, 6) is 0. The van der Waals surface area contributed by atoms with Crippen molar-refractivity contribution in [2.45, 2.75) is 32.2 Å². The number of unbranched alkanes of at least 4 members (excludes halogenated alkanes) is 2. The number of hydrogen-bond donors (Lipinski definition) is 1. The summed E-state index contributed by atoms with van der Waals surface area (Å²) in [6, 6.07) is 15.0. The molecule has 2 aromatic rings. The summed E-state index contributed by atoms with van der Waals surface area (Å²) in [5, 5.41) is 3.66. The van der Waals surface area contributed by atoms with Crippen LogP contribution >= 0.6 is 0 Å². The lowest BCUT2D eigenvalue weighted by atomic mass is 9.99. The standard InChI is InChI=1S/C17H22N2/c1-2-3-7-12-19-17(15-8-5-4-6-9-15)16-10-13-18-14-11-16/h4-6,8-11,13-14,17,19H,2-3,7,12H2,1H3. The van der Waals surface area contributed by atoms with Gasteiger partial charge in [0.2, 0.25) is 0 Å². The SMILES string of the molecule is CCCCCNC(c1ccccc1)c1ccncc1. The van der Waals surface area contributed by atoms with Crippen molar-refractivity contribution in [1.29, 1.82) is 0 Å². The van der Waals surface area contributed by atoms with Crippen molar-refractivity contribution in [2.75, 3.05) is 6.54 Å². The van der Waals surface area contributed by atoms with E-state index in [1.165, 1.54) is 30.4 Å². The molecule has 2 rings (SSSR count). The van der Waals surface area contributed by atoms with Gasteiger partial charge in [-0.1, -0.05) is 50.1 Å². The van der Waals surface area contributed by atoms with Gasteiger partial charge in [-0.3, -0.25) is 4.98 Å². The molecular weight excluding hydrogens is 232 g/mol. The molecule has 0 fully saturated rings. The zero-order valence-corrected chi connectivity index (χ0v) is 11.5. The molecule has 0 spiro atoms. The first kappa shape index (κ1) is 13.8. The molecule has 1 N–H and O–H groups in total. The number of benzene rings is 1. The lowest BCUT2D eigenvalue weighted by Gasteiger charge is -2.19. The van der Waals surface area contributed by atoms with Crippen LogP contribution in [0.4, 0.5) is 0 Å². The number of pyridine rings is 1. The van der Waals surface area contributed by atoms with Crippen molar-refractivity contribution >= 4 is 0 Å². The predicted octanol–water partition coefficient (Wildman–Crippen LogP) is 3.95. The number of nitrogens with zero attached hydrogens (tertiary/aromatic N) is 1. The quantitative estimate of drug-likeness (QED) is 0.757. The first-order valence-electron chi connectivity index (χ1n) is 7.10. The van der Waals surface area contributed by atoms with E-state index in [2.05, 4.69) is 59.7 Å². The van der Waals surface area contributed by atoms with Crippen LogP contribution in [0.25, 0.3) is 0 Å². The van der Waals surface area contributed by atoms with Gasteiger partial charge in [0.1, 0.15) is 0 Å². The van der Waals surface area contributed by atoms with E-state index < -0.39 is 0 Å².